The number of aromatic nitrogens is 1. The lowest BCUT2D eigenvalue weighted by Crippen LogP contribution is -2.37. The molecule has 0 saturated heterocycles. The second kappa shape index (κ2) is 6.37. The number of aromatic amines is 1. The molecule has 6 heteroatoms. The first kappa shape index (κ1) is 17.3. The van der Waals surface area contributed by atoms with Crippen molar-refractivity contribution in [1.29, 1.82) is 0 Å². The molecule has 0 aliphatic carbocycles. The second-order valence-corrected chi connectivity index (χ2v) is 5.35. The molecule has 0 fully saturated rings. The summed E-state index contributed by atoms with van der Waals surface area (Å²) in [5.41, 5.74) is 7.30. The van der Waals surface area contributed by atoms with Gasteiger partial charge in [0.15, 0.2) is 0 Å². The summed E-state index contributed by atoms with van der Waals surface area (Å²) >= 11 is 0. The number of halogens is 1. The zero-order valence-electron chi connectivity index (χ0n) is 12.6. The van der Waals surface area contributed by atoms with Gasteiger partial charge in [-0.25, -0.2) is 0 Å². The summed E-state index contributed by atoms with van der Waals surface area (Å²) in [6.45, 7) is 3.56. The fourth-order valence-corrected chi connectivity index (χ4v) is 2.28. The van der Waals surface area contributed by atoms with Crippen LogP contribution >= 0.6 is 12.4 Å². The van der Waals surface area contributed by atoms with E-state index in [1.54, 1.807) is 21.0 Å². The number of hydrogen-bond acceptors (Lipinski definition) is 4. The molecule has 0 bridgehead atoms. The van der Waals surface area contributed by atoms with Crippen molar-refractivity contribution in [2.24, 2.45) is 11.1 Å². The Kier molecular flexibility index (Phi) is 5.25. The summed E-state index contributed by atoms with van der Waals surface area (Å²) < 4.78 is 10.1. The highest BCUT2D eigenvalue weighted by atomic mass is 35.5. The quantitative estimate of drug-likeness (QED) is 0.851. The van der Waals surface area contributed by atoms with E-state index in [4.69, 9.17) is 15.2 Å². The van der Waals surface area contributed by atoms with E-state index in [0.717, 1.165) is 22.2 Å². The number of hydrogen-bond donors (Lipinski definition) is 2. The number of esters is 1. The number of ether oxygens (including phenoxy) is 2. The third-order valence-electron chi connectivity index (χ3n) is 3.74. The largest absolute Gasteiger partial charge is 0.497 e. The maximum absolute atomic E-state index is 11.9. The summed E-state index contributed by atoms with van der Waals surface area (Å²) in [7, 11) is 2.99. The maximum atomic E-state index is 11.9. The van der Waals surface area contributed by atoms with Crippen LogP contribution < -0.4 is 10.5 Å². The van der Waals surface area contributed by atoms with Crippen molar-refractivity contribution in [1.82, 2.24) is 4.98 Å². The lowest BCUT2D eigenvalue weighted by molar-refractivity contribution is -0.152. The molecule has 1 aromatic heterocycles. The van der Waals surface area contributed by atoms with Gasteiger partial charge in [0, 0.05) is 23.1 Å². The van der Waals surface area contributed by atoms with Crippen LogP contribution in [0.25, 0.3) is 10.9 Å². The highest BCUT2D eigenvalue weighted by Gasteiger charge is 2.37. The maximum Gasteiger partial charge on any atom is 0.313 e. The summed E-state index contributed by atoms with van der Waals surface area (Å²) in [5, 5.41) is 0.953. The standard InChI is InChI=1S/C15H20N2O3.ClH/c1-15(2,14(18)20-4)13(16)11-8-17-12-6-5-9(19-3)7-10(11)12;/h5-8,13,17H,16H2,1-4H3;1H/t13-;/m1./s1. The molecule has 0 aliphatic rings. The third kappa shape index (κ3) is 2.99. The minimum Gasteiger partial charge on any atom is -0.497 e. The molecular formula is C15H21ClN2O3. The number of carbonyl (C=O) groups is 1. The highest BCUT2D eigenvalue weighted by Crippen LogP contribution is 2.36. The lowest BCUT2D eigenvalue weighted by Gasteiger charge is -2.28. The van der Waals surface area contributed by atoms with Crippen LogP contribution in [0.3, 0.4) is 0 Å². The number of carbonyl (C=O) groups excluding carboxylic acids is 1. The first-order valence-corrected chi connectivity index (χ1v) is 6.40. The van der Waals surface area contributed by atoms with Crippen molar-refractivity contribution in [3.05, 3.63) is 30.0 Å². The molecule has 0 saturated carbocycles. The van der Waals surface area contributed by atoms with Gasteiger partial charge in [0.25, 0.3) is 0 Å². The summed E-state index contributed by atoms with van der Waals surface area (Å²) in [4.78, 5) is 15.1. The molecule has 2 rings (SSSR count). The van der Waals surface area contributed by atoms with E-state index in [9.17, 15) is 4.79 Å². The second-order valence-electron chi connectivity index (χ2n) is 5.35. The number of benzene rings is 1. The number of H-pyrrole nitrogens is 1. The molecule has 0 radical (unpaired) electrons. The van der Waals surface area contributed by atoms with E-state index >= 15 is 0 Å². The molecule has 0 unspecified atom stereocenters. The fraction of sp³-hybridized carbons (Fsp3) is 0.400. The van der Waals surface area contributed by atoms with Gasteiger partial charge in [-0.2, -0.15) is 0 Å². The molecule has 0 aliphatic heterocycles. The van der Waals surface area contributed by atoms with Crippen molar-refractivity contribution in [2.45, 2.75) is 19.9 Å². The smallest absolute Gasteiger partial charge is 0.313 e. The number of fused-ring (bicyclic) bond motifs is 1. The Hall–Kier alpha value is -1.72. The minimum absolute atomic E-state index is 0. The molecule has 21 heavy (non-hydrogen) atoms. The summed E-state index contributed by atoms with van der Waals surface area (Å²) in [5.74, 6) is 0.420. The van der Waals surface area contributed by atoms with Crippen molar-refractivity contribution in [2.75, 3.05) is 14.2 Å². The topological polar surface area (TPSA) is 77.3 Å². The van der Waals surface area contributed by atoms with E-state index < -0.39 is 11.5 Å². The van der Waals surface area contributed by atoms with Crippen LogP contribution in [0.2, 0.25) is 0 Å². The van der Waals surface area contributed by atoms with Gasteiger partial charge in [-0.3, -0.25) is 4.79 Å². The molecule has 1 heterocycles. The average Bonchev–Trinajstić information content (AvgIpc) is 2.87. The van der Waals surface area contributed by atoms with Crippen LogP contribution in [0.4, 0.5) is 0 Å². The van der Waals surface area contributed by atoms with E-state index in [0.29, 0.717) is 0 Å². The zero-order valence-corrected chi connectivity index (χ0v) is 13.4. The van der Waals surface area contributed by atoms with Crippen molar-refractivity contribution in [3.63, 3.8) is 0 Å². The first-order chi connectivity index (χ1) is 9.41. The summed E-state index contributed by atoms with van der Waals surface area (Å²) in [6.07, 6.45) is 1.83. The third-order valence-corrected chi connectivity index (χ3v) is 3.74. The monoisotopic (exact) mass is 312 g/mol. The average molecular weight is 313 g/mol. The van der Waals surface area contributed by atoms with Crippen molar-refractivity contribution >= 4 is 29.3 Å². The van der Waals surface area contributed by atoms with E-state index in [2.05, 4.69) is 4.98 Å². The van der Waals surface area contributed by atoms with E-state index in [1.165, 1.54) is 7.11 Å². The van der Waals surface area contributed by atoms with E-state index in [-0.39, 0.29) is 18.4 Å². The van der Waals surface area contributed by atoms with Crippen LogP contribution in [0, 0.1) is 5.41 Å². The van der Waals surface area contributed by atoms with Gasteiger partial charge in [0.05, 0.1) is 19.6 Å². The highest BCUT2D eigenvalue weighted by molar-refractivity contribution is 5.86. The van der Waals surface area contributed by atoms with Crippen molar-refractivity contribution < 1.29 is 14.3 Å². The van der Waals surface area contributed by atoms with Crippen LogP contribution in [-0.2, 0) is 9.53 Å². The minimum atomic E-state index is -0.813. The van der Waals surface area contributed by atoms with Crippen LogP contribution in [0.5, 0.6) is 5.75 Å². The molecule has 5 nitrogen and oxygen atoms in total. The first-order valence-electron chi connectivity index (χ1n) is 6.40. The number of methoxy groups -OCH3 is 2. The Balaban J connectivity index is 0.00000220. The molecule has 0 spiro atoms. The predicted molar refractivity (Wildman–Crippen MR) is 84.8 cm³/mol. The van der Waals surface area contributed by atoms with Gasteiger partial charge in [0.1, 0.15) is 5.75 Å². The van der Waals surface area contributed by atoms with Gasteiger partial charge < -0.3 is 20.2 Å². The van der Waals surface area contributed by atoms with Gasteiger partial charge in [-0.05, 0) is 37.6 Å². The summed E-state index contributed by atoms with van der Waals surface area (Å²) in [6, 6.07) is 5.24. The van der Waals surface area contributed by atoms with Gasteiger partial charge in [0.2, 0.25) is 0 Å². The molecule has 116 valence electrons. The Bertz CT molecular complexity index is 637. The zero-order chi connectivity index (χ0) is 14.9. The molecule has 1 aromatic carbocycles. The van der Waals surface area contributed by atoms with Crippen molar-refractivity contribution in [3.8, 4) is 5.75 Å². The normalized spacial score (nSPS) is 12.6. The van der Waals surface area contributed by atoms with Gasteiger partial charge >= 0.3 is 5.97 Å². The Morgan fingerprint density at radius 3 is 2.57 bits per heavy atom. The molecule has 2 aromatic rings. The molecule has 0 amide bonds. The predicted octanol–water partition coefficient (Wildman–Crippen LogP) is 2.80. The van der Waals surface area contributed by atoms with Crippen LogP contribution in [0.15, 0.2) is 24.4 Å². The Morgan fingerprint density at radius 2 is 2.00 bits per heavy atom. The molecular weight excluding hydrogens is 292 g/mol. The number of nitrogens with one attached hydrogen (secondary N) is 1. The number of rotatable bonds is 4. The number of nitrogens with two attached hydrogens (primary N) is 1. The SMILES string of the molecule is COC(=O)C(C)(C)[C@H](N)c1c[nH]c2ccc(OC)cc12.Cl. The fourth-order valence-electron chi connectivity index (χ4n) is 2.28. The van der Waals surface area contributed by atoms with Gasteiger partial charge in [-0.1, -0.05) is 0 Å². The molecule has 1 atom stereocenters. The van der Waals surface area contributed by atoms with Crippen LogP contribution in [0.1, 0.15) is 25.5 Å². The van der Waals surface area contributed by atoms with E-state index in [1.807, 2.05) is 24.4 Å². The Labute approximate surface area is 130 Å². The van der Waals surface area contributed by atoms with Crippen LogP contribution in [-0.4, -0.2) is 25.2 Å². The van der Waals surface area contributed by atoms with Gasteiger partial charge in [-0.15, -0.1) is 12.4 Å². The lowest BCUT2D eigenvalue weighted by atomic mass is 9.81. The molecule has 3 N–H and O–H groups in total. The Morgan fingerprint density at radius 1 is 1.33 bits per heavy atom.